The zero-order valence-corrected chi connectivity index (χ0v) is 11.9. The van der Waals surface area contributed by atoms with Crippen LogP contribution in [0.25, 0.3) is 10.9 Å². The van der Waals surface area contributed by atoms with Gasteiger partial charge in [0.25, 0.3) is 10.2 Å². The Bertz CT molecular complexity index is 719. The second-order valence-corrected chi connectivity index (χ2v) is 7.14. The van der Waals surface area contributed by atoms with E-state index in [1.54, 1.807) is 14.1 Å². The van der Waals surface area contributed by atoms with Gasteiger partial charge in [0.05, 0.1) is 6.54 Å². The first-order valence-corrected chi connectivity index (χ1v) is 7.66. The van der Waals surface area contributed by atoms with Crippen LogP contribution in [0.1, 0.15) is 11.3 Å². The molecule has 3 rings (SSSR count). The van der Waals surface area contributed by atoms with Crippen LogP contribution in [-0.2, 0) is 23.2 Å². The van der Waals surface area contributed by atoms with Crippen molar-refractivity contribution in [3.8, 4) is 0 Å². The maximum Gasteiger partial charge on any atom is 0.281 e. The lowest BCUT2D eigenvalue weighted by Gasteiger charge is -2.28. The molecule has 0 radical (unpaired) electrons. The summed E-state index contributed by atoms with van der Waals surface area (Å²) in [5.41, 5.74) is 3.34. The number of nitrogens with zero attached hydrogens (tertiary/aromatic N) is 2. The minimum absolute atomic E-state index is 0.421. The highest BCUT2D eigenvalue weighted by Gasteiger charge is 2.30. The van der Waals surface area contributed by atoms with E-state index >= 15 is 0 Å². The number of hydrogen-bond donors (Lipinski definition) is 1. The minimum atomic E-state index is -3.33. The van der Waals surface area contributed by atoms with Crippen LogP contribution in [0.2, 0.25) is 0 Å². The van der Waals surface area contributed by atoms with Gasteiger partial charge in [0.15, 0.2) is 0 Å². The van der Waals surface area contributed by atoms with Gasteiger partial charge in [-0.15, -0.1) is 0 Å². The molecule has 102 valence electrons. The van der Waals surface area contributed by atoms with Crippen molar-refractivity contribution in [1.82, 2.24) is 13.6 Å². The van der Waals surface area contributed by atoms with E-state index in [0.29, 0.717) is 13.1 Å². The molecule has 2 aromatic rings. The summed E-state index contributed by atoms with van der Waals surface area (Å²) >= 11 is 0. The van der Waals surface area contributed by atoms with Gasteiger partial charge in [-0.2, -0.15) is 17.0 Å². The summed E-state index contributed by atoms with van der Waals surface area (Å²) in [4.78, 5) is 3.33. The van der Waals surface area contributed by atoms with Gasteiger partial charge in [-0.05, 0) is 18.1 Å². The average Bonchev–Trinajstić information content (AvgIpc) is 2.75. The molecule has 0 fully saturated rings. The standard InChI is InChI=1S/C13H17N3O2S/c1-15(2)19(17,18)16-8-7-11-10-5-3-4-6-12(10)14-13(11)9-16/h3-6,14H,7-9H2,1-2H3. The maximum absolute atomic E-state index is 12.1. The number of H-pyrrole nitrogens is 1. The molecule has 1 aliphatic heterocycles. The number of nitrogens with one attached hydrogen (secondary N) is 1. The molecule has 0 aliphatic carbocycles. The van der Waals surface area contributed by atoms with E-state index in [4.69, 9.17) is 0 Å². The van der Waals surface area contributed by atoms with Gasteiger partial charge >= 0.3 is 0 Å². The Kier molecular flexibility index (Phi) is 2.88. The lowest BCUT2D eigenvalue weighted by atomic mass is 10.1. The fourth-order valence-electron chi connectivity index (χ4n) is 2.60. The molecule has 2 heterocycles. The van der Waals surface area contributed by atoms with E-state index in [-0.39, 0.29) is 0 Å². The number of hydrogen-bond acceptors (Lipinski definition) is 2. The van der Waals surface area contributed by atoms with Crippen molar-refractivity contribution in [3.63, 3.8) is 0 Å². The molecule has 0 spiro atoms. The number of aromatic nitrogens is 1. The maximum atomic E-state index is 12.1. The largest absolute Gasteiger partial charge is 0.357 e. The number of rotatable bonds is 2. The summed E-state index contributed by atoms with van der Waals surface area (Å²) < 4.78 is 27.1. The van der Waals surface area contributed by atoms with Crippen molar-refractivity contribution in [3.05, 3.63) is 35.5 Å². The van der Waals surface area contributed by atoms with E-state index in [0.717, 1.165) is 17.6 Å². The third-order valence-corrected chi connectivity index (χ3v) is 5.52. The van der Waals surface area contributed by atoms with Crippen molar-refractivity contribution < 1.29 is 8.42 Å². The number of fused-ring (bicyclic) bond motifs is 3. The van der Waals surface area contributed by atoms with Gasteiger partial charge < -0.3 is 4.98 Å². The molecular weight excluding hydrogens is 262 g/mol. The van der Waals surface area contributed by atoms with Crippen molar-refractivity contribution in [2.45, 2.75) is 13.0 Å². The topological polar surface area (TPSA) is 56.4 Å². The average molecular weight is 279 g/mol. The van der Waals surface area contributed by atoms with Crippen LogP contribution >= 0.6 is 0 Å². The molecule has 1 aromatic heterocycles. The predicted octanol–water partition coefficient (Wildman–Crippen LogP) is 1.33. The molecule has 0 atom stereocenters. The molecule has 5 nitrogen and oxygen atoms in total. The Labute approximate surface area is 113 Å². The minimum Gasteiger partial charge on any atom is -0.357 e. The summed E-state index contributed by atoms with van der Waals surface area (Å²) in [6.07, 6.45) is 0.756. The zero-order chi connectivity index (χ0) is 13.6. The quantitative estimate of drug-likeness (QED) is 0.901. The van der Waals surface area contributed by atoms with Gasteiger partial charge in [-0.3, -0.25) is 0 Å². The normalized spacial score (nSPS) is 17.0. The molecule has 1 aromatic carbocycles. The van der Waals surface area contributed by atoms with Crippen LogP contribution in [0, 0.1) is 0 Å². The summed E-state index contributed by atoms with van der Waals surface area (Å²) in [5.74, 6) is 0. The highest BCUT2D eigenvalue weighted by molar-refractivity contribution is 7.86. The van der Waals surface area contributed by atoms with E-state index < -0.39 is 10.2 Å². The van der Waals surface area contributed by atoms with Crippen LogP contribution in [-0.4, -0.2) is 42.7 Å². The van der Waals surface area contributed by atoms with Crippen LogP contribution in [0.5, 0.6) is 0 Å². The number of benzene rings is 1. The zero-order valence-electron chi connectivity index (χ0n) is 11.0. The molecular formula is C13H17N3O2S. The third-order valence-electron chi connectivity index (χ3n) is 3.64. The fraction of sp³-hybridized carbons (Fsp3) is 0.385. The second-order valence-electron chi connectivity index (χ2n) is 5.00. The first-order chi connectivity index (χ1) is 9.00. The van der Waals surface area contributed by atoms with Gasteiger partial charge in [0.1, 0.15) is 0 Å². The molecule has 0 saturated carbocycles. The predicted molar refractivity (Wildman–Crippen MR) is 75.0 cm³/mol. The number of aromatic amines is 1. The summed E-state index contributed by atoms with van der Waals surface area (Å²) in [6.45, 7) is 0.958. The Balaban J connectivity index is 2.01. The SMILES string of the molecule is CN(C)S(=O)(=O)N1CCc2c([nH]c3ccccc23)C1. The van der Waals surface area contributed by atoms with E-state index in [1.807, 2.05) is 18.2 Å². The van der Waals surface area contributed by atoms with Crippen molar-refractivity contribution >= 4 is 21.1 Å². The van der Waals surface area contributed by atoms with Crippen molar-refractivity contribution in [1.29, 1.82) is 0 Å². The number of para-hydroxylation sites is 1. The van der Waals surface area contributed by atoms with E-state index in [1.165, 1.54) is 19.6 Å². The first kappa shape index (κ1) is 12.7. The van der Waals surface area contributed by atoms with Crippen molar-refractivity contribution in [2.24, 2.45) is 0 Å². The molecule has 0 bridgehead atoms. The second kappa shape index (κ2) is 4.33. The van der Waals surface area contributed by atoms with Crippen LogP contribution in [0.4, 0.5) is 0 Å². The van der Waals surface area contributed by atoms with E-state index in [2.05, 4.69) is 11.1 Å². The highest BCUT2D eigenvalue weighted by Crippen LogP contribution is 2.28. The lowest BCUT2D eigenvalue weighted by molar-refractivity contribution is 0.356. The third kappa shape index (κ3) is 1.96. The van der Waals surface area contributed by atoms with Gasteiger partial charge in [-0.1, -0.05) is 18.2 Å². The van der Waals surface area contributed by atoms with Gasteiger partial charge in [0, 0.05) is 37.2 Å². The molecule has 1 N–H and O–H groups in total. The fourth-order valence-corrected chi connectivity index (χ4v) is 3.67. The molecule has 19 heavy (non-hydrogen) atoms. The monoisotopic (exact) mass is 279 g/mol. The van der Waals surface area contributed by atoms with Crippen LogP contribution in [0.3, 0.4) is 0 Å². The summed E-state index contributed by atoms with van der Waals surface area (Å²) in [7, 11) is -0.202. The molecule has 0 unspecified atom stereocenters. The highest BCUT2D eigenvalue weighted by atomic mass is 32.2. The Morgan fingerprint density at radius 1 is 1.26 bits per heavy atom. The Morgan fingerprint density at radius 2 is 2.00 bits per heavy atom. The molecule has 6 heteroatoms. The van der Waals surface area contributed by atoms with Crippen molar-refractivity contribution in [2.75, 3.05) is 20.6 Å². The van der Waals surface area contributed by atoms with Gasteiger partial charge in [0.2, 0.25) is 0 Å². The molecule has 1 aliphatic rings. The lowest BCUT2D eigenvalue weighted by Crippen LogP contribution is -2.42. The first-order valence-electron chi connectivity index (χ1n) is 6.26. The smallest absolute Gasteiger partial charge is 0.281 e. The summed E-state index contributed by atoms with van der Waals surface area (Å²) in [6, 6.07) is 8.11. The molecule has 0 saturated heterocycles. The van der Waals surface area contributed by atoms with Gasteiger partial charge in [-0.25, -0.2) is 0 Å². The Hall–Kier alpha value is -1.37. The van der Waals surface area contributed by atoms with Crippen LogP contribution < -0.4 is 0 Å². The van der Waals surface area contributed by atoms with Crippen LogP contribution in [0.15, 0.2) is 24.3 Å². The Morgan fingerprint density at radius 3 is 2.74 bits per heavy atom. The molecule has 0 amide bonds. The summed E-state index contributed by atoms with van der Waals surface area (Å²) in [5, 5.41) is 1.21. The van der Waals surface area contributed by atoms with E-state index in [9.17, 15) is 8.42 Å².